The number of halogens is 1. The third-order valence-corrected chi connectivity index (χ3v) is 5.10. The molecule has 1 aromatic carbocycles. The molecule has 0 saturated carbocycles. The van der Waals surface area contributed by atoms with Crippen LogP contribution in [-0.2, 0) is 32.6 Å². The quantitative estimate of drug-likeness (QED) is 0.742. The lowest BCUT2D eigenvalue weighted by atomic mass is 10.1. The second kappa shape index (κ2) is 7.16. The first-order valence-corrected chi connectivity index (χ1v) is 8.53. The molecule has 0 aliphatic rings. The Bertz CT molecular complexity index is 798. The maximum absolute atomic E-state index is 11.9. The second-order valence-electron chi connectivity index (χ2n) is 4.94. The number of benzene rings is 1. The summed E-state index contributed by atoms with van der Waals surface area (Å²) in [5, 5.41) is 0.293. The number of sulfonamides is 1. The maximum Gasteiger partial charge on any atom is 0.310 e. The van der Waals surface area contributed by atoms with Gasteiger partial charge in [-0.3, -0.25) is 4.79 Å². The number of nitrogens with zero attached hydrogens (tertiary/aromatic N) is 1. The van der Waals surface area contributed by atoms with Crippen molar-refractivity contribution in [1.29, 1.82) is 0 Å². The van der Waals surface area contributed by atoms with E-state index in [0.717, 1.165) is 4.31 Å². The highest BCUT2D eigenvalue weighted by molar-refractivity contribution is 7.88. The van der Waals surface area contributed by atoms with Crippen molar-refractivity contribution >= 4 is 27.6 Å². The van der Waals surface area contributed by atoms with Crippen molar-refractivity contribution in [2.45, 2.75) is 18.1 Å². The van der Waals surface area contributed by atoms with Crippen LogP contribution >= 0.6 is 11.6 Å². The Balaban J connectivity index is 1.96. The summed E-state index contributed by atoms with van der Waals surface area (Å²) in [6, 6.07) is 9.76. The molecule has 1 heterocycles. The second-order valence-corrected chi connectivity index (χ2v) is 7.43. The van der Waals surface area contributed by atoms with Gasteiger partial charge < -0.3 is 9.15 Å². The van der Waals surface area contributed by atoms with E-state index >= 15 is 0 Å². The monoisotopic (exact) mass is 357 g/mol. The summed E-state index contributed by atoms with van der Waals surface area (Å²) in [4.78, 5) is 11.8. The molecule has 0 aliphatic carbocycles. The minimum Gasteiger partial charge on any atom is -0.457 e. The summed E-state index contributed by atoms with van der Waals surface area (Å²) in [5.74, 6) is -0.232. The summed E-state index contributed by atoms with van der Waals surface area (Å²) in [6.07, 6.45) is 0.0310. The van der Waals surface area contributed by atoms with Gasteiger partial charge >= 0.3 is 5.97 Å². The average molecular weight is 358 g/mol. The van der Waals surface area contributed by atoms with E-state index in [1.54, 1.807) is 24.3 Å². The molecule has 6 nitrogen and oxygen atoms in total. The fourth-order valence-corrected chi connectivity index (χ4v) is 2.77. The van der Waals surface area contributed by atoms with Gasteiger partial charge in [0.15, 0.2) is 0 Å². The number of ether oxygens (including phenoxy) is 1. The van der Waals surface area contributed by atoms with Crippen molar-refractivity contribution in [1.82, 2.24) is 4.31 Å². The Hall–Kier alpha value is -1.83. The molecule has 2 aromatic rings. The van der Waals surface area contributed by atoms with E-state index in [9.17, 15) is 13.2 Å². The van der Waals surface area contributed by atoms with Crippen LogP contribution in [0.15, 0.2) is 45.9 Å². The van der Waals surface area contributed by atoms with Crippen molar-refractivity contribution in [3.8, 4) is 0 Å². The summed E-state index contributed by atoms with van der Waals surface area (Å²) in [5.41, 5.74) is 0.662. The first-order chi connectivity index (χ1) is 10.8. The molecule has 0 amide bonds. The highest BCUT2D eigenvalue weighted by Gasteiger charge is 2.21. The molecule has 0 unspecified atom stereocenters. The predicted molar refractivity (Wildman–Crippen MR) is 84.5 cm³/mol. The molecule has 0 radical (unpaired) electrons. The van der Waals surface area contributed by atoms with E-state index in [2.05, 4.69) is 0 Å². The van der Waals surface area contributed by atoms with Crippen molar-refractivity contribution in [3.05, 3.63) is 52.7 Å². The van der Waals surface area contributed by atoms with Crippen LogP contribution in [0, 0.1) is 0 Å². The van der Waals surface area contributed by atoms with Crippen LogP contribution in [0.25, 0.3) is 0 Å². The molecule has 0 spiro atoms. The van der Waals surface area contributed by atoms with Gasteiger partial charge in [0.25, 0.3) is 10.0 Å². The normalized spacial score (nSPS) is 11.7. The Kier molecular flexibility index (Phi) is 5.46. The molecular weight excluding hydrogens is 342 g/mol. The van der Waals surface area contributed by atoms with Crippen molar-refractivity contribution < 1.29 is 22.4 Å². The molecule has 0 fully saturated rings. The van der Waals surface area contributed by atoms with Gasteiger partial charge in [-0.05, 0) is 23.8 Å². The fourth-order valence-electron chi connectivity index (χ4n) is 1.75. The zero-order valence-electron chi connectivity index (χ0n) is 12.7. The molecule has 23 heavy (non-hydrogen) atoms. The summed E-state index contributed by atoms with van der Waals surface area (Å²) in [7, 11) is -0.832. The zero-order valence-corrected chi connectivity index (χ0v) is 14.2. The number of carbonyl (C=O) groups excluding carboxylic acids is 1. The average Bonchev–Trinajstić information content (AvgIpc) is 2.97. The Morgan fingerprint density at radius 1 is 1.22 bits per heavy atom. The molecule has 0 N–H and O–H groups in total. The zero-order chi connectivity index (χ0) is 17.0. The van der Waals surface area contributed by atoms with Crippen LogP contribution in [-0.4, -0.2) is 32.8 Å². The first-order valence-electron chi connectivity index (χ1n) is 6.71. The van der Waals surface area contributed by atoms with Gasteiger partial charge in [-0.25, -0.2) is 12.7 Å². The lowest BCUT2D eigenvalue weighted by Crippen LogP contribution is -2.21. The highest BCUT2D eigenvalue weighted by atomic mass is 35.5. The van der Waals surface area contributed by atoms with Gasteiger partial charge in [0, 0.05) is 19.1 Å². The molecule has 8 heteroatoms. The van der Waals surface area contributed by atoms with Crippen LogP contribution in [0.2, 0.25) is 5.02 Å². The van der Waals surface area contributed by atoms with E-state index in [1.165, 1.54) is 26.2 Å². The molecule has 2 rings (SSSR count). The smallest absolute Gasteiger partial charge is 0.310 e. The van der Waals surface area contributed by atoms with Crippen LogP contribution in [0.4, 0.5) is 0 Å². The predicted octanol–water partition coefficient (Wildman–Crippen LogP) is 2.47. The summed E-state index contributed by atoms with van der Waals surface area (Å²) >= 11 is 5.97. The number of hydrogen-bond acceptors (Lipinski definition) is 5. The summed E-state index contributed by atoms with van der Waals surface area (Å²) < 4.78 is 35.1. The molecule has 0 bridgehead atoms. The minimum absolute atomic E-state index is 0.0310. The number of rotatable bonds is 6. The van der Waals surface area contributed by atoms with Gasteiger partial charge in [0.05, 0.1) is 6.42 Å². The molecular formula is C15H16ClNO5S. The Morgan fingerprint density at radius 3 is 2.57 bits per heavy atom. The molecule has 124 valence electrons. The van der Waals surface area contributed by atoms with Crippen LogP contribution in [0.3, 0.4) is 0 Å². The molecule has 0 aliphatic heterocycles. The van der Waals surface area contributed by atoms with Crippen LogP contribution in [0.1, 0.15) is 11.3 Å². The van der Waals surface area contributed by atoms with Gasteiger partial charge in [0.1, 0.15) is 12.4 Å². The number of carbonyl (C=O) groups is 1. The van der Waals surface area contributed by atoms with E-state index in [4.69, 9.17) is 20.8 Å². The minimum atomic E-state index is -3.64. The lowest BCUT2D eigenvalue weighted by Gasteiger charge is -2.08. The fraction of sp³-hybridized carbons (Fsp3) is 0.267. The molecule has 0 saturated heterocycles. The van der Waals surface area contributed by atoms with Crippen molar-refractivity contribution in [3.63, 3.8) is 0 Å². The van der Waals surface area contributed by atoms with Gasteiger partial charge in [-0.2, -0.15) is 0 Å². The van der Waals surface area contributed by atoms with Crippen molar-refractivity contribution in [2.75, 3.05) is 14.1 Å². The Labute approximate surface area is 139 Å². The standard InChI is InChI=1S/C15H16ClNO5S/c1-17(2)23(19,20)15-8-7-12(22-15)10-21-14(18)9-11-5-3-4-6-13(11)16/h3-8H,9-10H2,1-2H3. The highest BCUT2D eigenvalue weighted by Crippen LogP contribution is 2.19. The van der Waals surface area contributed by atoms with E-state index in [1.807, 2.05) is 0 Å². The third-order valence-electron chi connectivity index (χ3n) is 3.04. The molecule has 1 aromatic heterocycles. The topological polar surface area (TPSA) is 76.8 Å². The van der Waals surface area contributed by atoms with Crippen molar-refractivity contribution in [2.24, 2.45) is 0 Å². The van der Waals surface area contributed by atoms with E-state index < -0.39 is 16.0 Å². The first kappa shape index (κ1) is 17.5. The number of hydrogen-bond donors (Lipinski definition) is 0. The van der Waals surface area contributed by atoms with E-state index in [-0.39, 0.29) is 23.9 Å². The van der Waals surface area contributed by atoms with Gasteiger partial charge in [-0.15, -0.1) is 0 Å². The Morgan fingerprint density at radius 2 is 1.91 bits per heavy atom. The molecule has 0 atom stereocenters. The maximum atomic E-state index is 11.9. The number of furan rings is 1. The van der Waals surface area contributed by atoms with Crippen LogP contribution in [0.5, 0.6) is 0 Å². The van der Waals surface area contributed by atoms with Gasteiger partial charge in [0.2, 0.25) is 5.09 Å². The van der Waals surface area contributed by atoms with Gasteiger partial charge in [-0.1, -0.05) is 29.8 Å². The summed E-state index contributed by atoms with van der Waals surface area (Å²) in [6.45, 7) is -0.147. The lowest BCUT2D eigenvalue weighted by molar-refractivity contribution is -0.144. The number of esters is 1. The SMILES string of the molecule is CN(C)S(=O)(=O)c1ccc(COC(=O)Cc2ccccc2Cl)o1. The third kappa shape index (κ3) is 4.34. The largest absolute Gasteiger partial charge is 0.457 e. The van der Waals surface area contributed by atoms with E-state index in [0.29, 0.717) is 10.6 Å². The van der Waals surface area contributed by atoms with Crippen LogP contribution < -0.4 is 0 Å².